The van der Waals surface area contributed by atoms with Crippen molar-refractivity contribution in [2.75, 3.05) is 18.8 Å². The molecular formula is C16H24N2O3. The van der Waals surface area contributed by atoms with Gasteiger partial charge in [-0.1, -0.05) is 12.1 Å². The van der Waals surface area contributed by atoms with Gasteiger partial charge in [0.2, 0.25) is 0 Å². The number of hydrogen-bond donors (Lipinski definition) is 1. The highest BCUT2D eigenvalue weighted by Crippen LogP contribution is 2.24. The van der Waals surface area contributed by atoms with Crippen LogP contribution in [0.5, 0.6) is 5.75 Å². The predicted molar refractivity (Wildman–Crippen MR) is 82.3 cm³/mol. The number of benzene rings is 1. The van der Waals surface area contributed by atoms with Crippen molar-refractivity contribution in [1.82, 2.24) is 4.90 Å². The van der Waals surface area contributed by atoms with Gasteiger partial charge < -0.3 is 20.1 Å². The summed E-state index contributed by atoms with van der Waals surface area (Å²) in [5, 5.41) is 0. The van der Waals surface area contributed by atoms with Gasteiger partial charge in [0.25, 0.3) is 0 Å². The number of para-hydroxylation sites is 2. The van der Waals surface area contributed by atoms with Gasteiger partial charge in [0.15, 0.2) is 0 Å². The number of amides is 1. The summed E-state index contributed by atoms with van der Waals surface area (Å²) in [6.45, 7) is 6.84. The van der Waals surface area contributed by atoms with Crippen LogP contribution in [0.25, 0.3) is 0 Å². The van der Waals surface area contributed by atoms with Crippen LogP contribution in [-0.4, -0.2) is 35.8 Å². The molecule has 1 aromatic rings. The summed E-state index contributed by atoms with van der Waals surface area (Å²) in [5.74, 6) is 0.675. The molecule has 0 unspecified atom stereocenters. The van der Waals surface area contributed by atoms with Gasteiger partial charge in [0.05, 0.1) is 12.2 Å². The van der Waals surface area contributed by atoms with Crippen molar-refractivity contribution in [1.29, 1.82) is 0 Å². The first-order valence-corrected chi connectivity index (χ1v) is 7.34. The summed E-state index contributed by atoms with van der Waals surface area (Å²) in [4.78, 5) is 13.8. The SMILES string of the molecule is CC(C)(C)OC(=O)N1CCC[C@@H](Oc2ccccc2N)C1. The maximum absolute atomic E-state index is 12.1. The number of rotatable bonds is 2. The minimum absolute atomic E-state index is 0.0454. The Balaban J connectivity index is 1.95. The third-order valence-corrected chi connectivity index (χ3v) is 3.24. The average Bonchev–Trinajstić information content (AvgIpc) is 2.40. The van der Waals surface area contributed by atoms with Crippen molar-refractivity contribution in [3.05, 3.63) is 24.3 Å². The van der Waals surface area contributed by atoms with Gasteiger partial charge in [0, 0.05) is 6.54 Å². The van der Waals surface area contributed by atoms with Gasteiger partial charge in [-0.15, -0.1) is 0 Å². The molecule has 5 heteroatoms. The van der Waals surface area contributed by atoms with E-state index in [-0.39, 0.29) is 12.2 Å². The van der Waals surface area contributed by atoms with Crippen LogP contribution in [0.4, 0.5) is 10.5 Å². The van der Waals surface area contributed by atoms with Crippen LogP contribution in [0, 0.1) is 0 Å². The van der Waals surface area contributed by atoms with E-state index < -0.39 is 5.60 Å². The van der Waals surface area contributed by atoms with Crippen LogP contribution in [0.2, 0.25) is 0 Å². The first-order valence-electron chi connectivity index (χ1n) is 7.34. The predicted octanol–water partition coefficient (Wildman–Crippen LogP) is 3.05. The van der Waals surface area contributed by atoms with Crippen LogP contribution in [0.1, 0.15) is 33.6 Å². The second-order valence-corrected chi connectivity index (χ2v) is 6.35. The van der Waals surface area contributed by atoms with E-state index in [1.807, 2.05) is 45.0 Å². The first kappa shape index (κ1) is 15.5. The Bertz CT molecular complexity index is 497. The van der Waals surface area contributed by atoms with Gasteiger partial charge >= 0.3 is 6.09 Å². The van der Waals surface area contributed by atoms with E-state index in [0.29, 0.717) is 24.5 Å². The summed E-state index contributed by atoms with van der Waals surface area (Å²) in [6.07, 6.45) is 1.48. The van der Waals surface area contributed by atoms with Crippen molar-refractivity contribution in [2.45, 2.75) is 45.3 Å². The normalized spacial score (nSPS) is 19.2. The smallest absolute Gasteiger partial charge is 0.410 e. The molecule has 1 heterocycles. The van der Waals surface area contributed by atoms with Crippen LogP contribution in [-0.2, 0) is 4.74 Å². The number of ether oxygens (including phenoxy) is 2. The standard InChI is InChI=1S/C16H24N2O3/c1-16(2,3)21-15(19)18-10-6-7-12(11-18)20-14-9-5-4-8-13(14)17/h4-5,8-9,12H,6-7,10-11,17H2,1-3H3/t12-/m1/s1. The Morgan fingerprint density at radius 2 is 2.05 bits per heavy atom. The summed E-state index contributed by atoms with van der Waals surface area (Å²) in [6, 6.07) is 7.42. The van der Waals surface area contributed by atoms with Gasteiger partial charge in [-0.05, 0) is 45.7 Å². The fourth-order valence-corrected chi connectivity index (χ4v) is 2.29. The molecule has 0 radical (unpaired) electrons. The van der Waals surface area contributed by atoms with Gasteiger partial charge in [-0.3, -0.25) is 0 Å². The summed E-state index contributed by atoms with van der Waals surface area (Å²) in [7, 11) is 0. The van der Waals surface area contributed by atoms with E-state index in [1.54, 1.807) is 4.90 Å². The molecule has 0 aromatic heterocycles. The van der Waals surface area contributed by atoms with Crippen molar-refractivity contribution >= 4 is 11.8 Å². The third kappa shape index (κ3) is 4.55. The maximum Gasteiger partial charge on any atom is 0.410 e. The zero-order valence-corrected chi connectivity index (χ0v) is 13.0. The van der Waals surface area contributed by atoms with Crippen molar-refractivity contribution in [2.24, 2.45) is 0 Å². The molecule has 1 aliphatic heterocycles. The Hall–Kier alpha value is -1.91. The summed E-state index contributed by atoms with van der Waals surface area (Å²) in [5.41, 5.74) is 6.03. The molecule has 2 rings (SSSR count). The van der Waals surface area contributed by atoms with E-state index in [1.165, 1.54) is 0 Å². The van der Waals surface area contributed by atoms with E-state index >= 15 is 0 Å². The molecule has 1 aliphatic rings. The number of hydrogen-bond acceptors (Lipinski definition) is 4. The second kappa shape index (κ2) is 6.24. The number of nitrogen functional groups attached to an aromatic ring is 1. The highest BCUT2D eigenvalue weighted by molar-refractivity contribution is 5.68. The Morgan fingerprint density at radius 3 is 2.71 bits per heavy atom. The lowest BCUT2D eigenvalue weighted by Crippen LogP contribution is -2.46. The van der Waals surface area contributed by atoms with Gasteiger partial charge in [-0.2, -0.15) is 0 Å². The van der Waals surface area contributed by atoms with Crippen LogP contribution in [0.15, 0.2) is 24.3 Å². The average molecular weight is 292 g/mol. The Kier molecular flexibility index (Phi) is 4.60. The number of carbonyl (C=O) groups excluding carboxylic acids is 1. The molecule has 116 valence electrons. The van der Waals surface area contributed by atoms with Crippen molar-refractivity contribution in [3.63, 3.8) is 0 Å². The molecule has 2 N–H and O–H groups in total. The number of nitrogens with two attached hydrogens (primary N) is 1. The fourth-order valence-electron chi connectivity index (χ4n) is 2.29. The van der Waals surface area contributed by atoms with Crippen LogP contribution < -0.4 is 10.5 Å². The number of anilines is 1. The van der Waals surface area contributed by atoms with Gasteiger partial charge in [-0.25, -0.2) is 4.79 Å². The largest absolute Gasteiger partial charge is 0.486 e. The molecule has 1 amide bonds. The van der Waals surface area contributed by atoms with E-state index in [9.17, 15) is 4.79 Å². The van der Waals surface area contributed by atoms with E-state index in [4.69, 9.17) is 15.2 Å². The molecular weight excluding hydrogens is 268 g/mol. The molecule has 1 fully saturated rings. The van der Waals surface area contributed by atoms with Crippen LogP contribution >= 0.6 is 0 Å². The van der Waals surface area contributed by atoms with Crippen LogP contribution in [0.3, 0.4) is 0 Å². The minimum atomic E-state index is -0.477. The highest BCUT2D eigenvalue weighted by atomic mass is 16.6. The lowest BCUT2D eigenvalue weighted by molar-refractivity contribution is 0.00786. The molecule has 0 bridgehead atoms. The molecule has 1 atom stereocenters. The lowest BCUT2D eigenvalue weighted by Gasteiger charge is -2.34. The molecule has 21 heavy (non-hydrogen) atoms. The van der Waals surface area contributed by atoms with Gasteiger partial charge in [0.1, 0.15) is 17.5 Å². The topological polar surface area (TPSA) is 64.8 Å². The monoisotopic (exact) mass is 292 g/mol. The number of carbonyl (C=O) groups is 1. The van der Waals surface area contributed by atoms with Crippen molar-refractivity contribution in [3.8, 4) is 5.75 Å². The molecule has 1 aromatic carbocycles. The van der Waals surface area contributed by atoms with Crippen molar-refractivity contribution < 1.29 is 14.3 Å². The summed E-state index contributed by atoms with van der Waals surface area (Å²) >= 11 is 0. The second-order valence-electron chi connectivity index (χ2n) is 6.35. The molecule has 5 nitrogen and oxygen atoms in total. The number of likely N-dealkylation sites (tertiary alicyclic amines) is 1. The first-order chi connectivity index (χ1) is 9.85. The summed E-state index contributed by atoms with van der Waals surface area (Å²) < 4.78 is 11.3. The maximum atomic E-state index is 12.1. The molecule has 1 saturated heterocycles. The molecule has 0 saturated carbocycles. The molecule has 0 aliphatic carbocycles. The quantitative estimate of drug-likeness (QED) is 0.851. The Labute approximate surface area is 126 Å². The lowest BCUT2D eigenvalue weighted by atomic mass is 10.1. The minimum Gasteiger partial charge on any atom is -0.486 e. The third-order valence-electron chi connectivity index (χ3n) is 3.24. The fraction of sp³-hybridized carbons (Fsp3) is 0.562. The number of nitrogens with zero attached hydrogens (tertiary/aromatic N) is 1. The zero-order valence-electron chi connectivity index (χ0n) is 13.0. The van der Waals surface area contributed by atoms with E-state index in [0.717, 1.165) is 12.8 Å². The zero-order chi connectivity index (χ0) is 15.5. The van der Waals surface area contributed by atoms with E-state index in [2.05, 4.69) is 0 Å². The Morgan fingerprint density at radius 1 is 1.33 bits per heavy atom. The molecule has 0 spiro atoms. The highest BCUT2D eigenvalue weighted by Gasteiger charge is 2.28. The number of piperidine rings is 1.